The topological polar surface area (TPSA) is 80.3 Å². The lowest BCUT2D eigenvalue weighted by atomic mass is 9.71. The first-order chi connectivity index (χ1) is 24.1. The molecule has 2 aliphatic heterocycles. The van der Waals surface area contributed by atoms with Crippen LogP contribution >= 0.6 is 11.6 Å². The van der Waals surface area contributed by atoms with Gasteiger partial charge in [0.2, 0.25) is 0 Å². The maximum Gasteiger partial charge on any atom is 0.263 e. The van der Waals surface area contributed by atoms with Gasteiger partial charge in [-0.25, -0.2) is 4.21 Å². The fourth-order valence-corrected chi connectivity index (χ4v) is 9.18. The first-order valence-electron chi connectivity index (χ1n) is 19.1. The number of halogens is 1. The first kappa shape index (κ1) is 39.0. The third kappa shape index (κ3) is 9.62. The number of benzene rings is 2. The van der Waals surface area contributed by atoms with Crippen LogP contribution in [0.2, 0.25) is 5.02 Å². The van der Waals surface area contributed by atoms with Crippen LogP contribution in [0.25, 0.3) is 0 Å². The van der Waals surface area contributed by atoms with Gasteiger partial charge in [-0.1, -0.05) is 65.1 Å². The summed E-state index contributed by atoms with van der Waals surface area (Å²) in [5.41, 5.74) is 3.95. The van der Waals surface area contributed by atoms with Gasteiger partial charge in [0.1, 0.15) is 16.7 Å². The molecular weight excluding hydrogens is 670 g/mol. The van der Waals surface area contributed by atoms with Crippen molar-refractivity contribution in [2.45, 2.75) is 110 Å². The Kier molecular flexibility index (Phi) is 14.5. The summed E-state index contributed by atoms with van der Waals surface area (Å²) in [4.78, 5) is 18.4. The Morgan fingerprint density at radius 3 is 2.40 bits per heavy atom. The van der Waals surface area contributed by atoms with Crippen molar-refractivity contribution in [1.82, 2.24) is 9.62 Å². The molecule has 6 atom stereocenters. The van der Waals surface area contributed by atoms with Gasteiger partial charge in [-0.05, 0) is 105 Å². The average Bonchev–Trinajstić information content (AvgIpc) is 3.29. The van der Waals surface area contributed by atoms with E-state index in [0.717, 1.165) is 101 Å². The van der Waals surface area contributed by atoms with E-state index in [1.165, 1.54) is 11.1 Å². The van der Waals surface area contributed by atoms with E-state index >= 15 is 0 Å². The molecule has 2 heterocycles. The molecule has 2 aromatic carbocycles. The van der Waals surface area contributed by atoms with E-state index < -0.39 is 11.0 Å². The lowest BCUT2D eigenvalue weighted by Gasteiger charge is -2.43. The highest BCUT2D eigenvalue weighted by Crippen LogP contribution is 2.43. The Hall–Kier alpha value is -2.17. The third-order valence-corrected chi connectivity index (χ3v) is 13.1. The molecule has 5 rings (SSSR count). The molecule has 0 spiro atoms. The number of anilines is 1. The second-order valence-electron chi connectivity index (χ2n) is 14.7. The number of aryl methyl sites for hydroxylation is 1. The van der Waals surface area contributed by atoms with Gasteiger partial charge in [-0.3, -0.25) is 14.4 Å². The normalized spacial score (nSPS) is 25.5. The largest absolute Gasteiger partial charge is 0.491 e. The molecule has 6 unspecified atom stereocenters. The maximum absolute atomic E-state index is 13.5. The highest BCUT2D eigenvalue weighted by molar-refractivity contribution is 7.84. The summed E-state index contributed by atoms with van der Waals surface area (Å²) in [6, 6.07) is 12.2. The van der Waals surface area contributed by atoms with Crippen molar-refractivity contribution < 1.29 is 23.2 Å². The fourth-order valence-electron chi connectivity index (χ4n) is 7.94. The summed E-state index contributed by atoms with van der Waals surface area (Å²) in [6.45, 7) is 18.3. The van der Waals surface area contributed by atoms with Crippen LogP contribution in [0.15, 0.2) is 36.4 Å². The van der Waals surface area contributed by atoms with E-state index in [0.29, 0.717) is 30.0 Å². The average molecular weight is 730 g/mol. The predicted octanol–water partition coefficient (Wildman–Crippen LogP) is 7.99. The number of likely N-dealkylation sites (N-methyl/N-ethyl adjacent to an activating group) is 1. The lowest BCUT2D eigenvalue weighted by molar-refractivity contribution is -0.215. The zero-order valence-electron chi connectivity index (χ0n) is 31.1. The van der Waals surface area contributed by atoms with E-state index in [1.54, 1.807) is 6.07 Å². The van der Waals surface area contributed by atoms with Crippen molar-refractivity contribution in [2.75, 3.05) is 50.9 Å². The smallest absolute Gasteiger partial charge is 0.263 e. The SMILES string of the molecule is CCCc1cc(Cl)ccc1C1COc2ccc(C(=O)NS(=O)C(C)C(C)CCC)cc2N(CC2CCC2CC2OCC(N(CC)CC)CO2)C1. The van der Waals surface area contributed by atoms with Gasteiger partial charge in [0.05, 0.1) is 36.8 Å². The van der Waals surface area contributed by atoms with Crippen LogP contribution in [0.4, 0.5) is 5.69 Å². The molecule has 1 saturated carbocycles. The highest BCUT2D eigenvalue weighted by atomic mass is 35.5. The minimum atomic E-state index is -1.48. The molecule has 278 valence electrons. The molecule has 2 aromatic rings. The predicted molar refractivity (Wildman–Crippen MR) is 205 cm³/mol. The van der Waals surface area contributed by atoms with Crippen molar-refractivity contribution in [2.24, 2.45) is 17.8 Å². The van der Waals surface area contributed by atoms with Gasteiger partial charge in [0.25, 0.3) is 5.91 Å². The van der Waals surface area contributed by atoms with Crippen LogP contribution in [-0.4, -0.2) is 78.6 Å². The van der Waals surface area contributed by atoms with Crippen molar-refractivity contribution in [3.8, 4) is 5.75 Å². The molecule has 1 N–H and O–H groups in total. The van der Waals surface area contributed by atoms with E-state index in [1.807, 2.05) is 25.1 Å². The summed E-state index contributed by atoms with van der Waals surface area (Å²) < 4.78 is 35.0. The molecule has 1 aliphatic carbocycles. The standard InChI is InChI=1S/C40H60ClN3O5S/c1-7-11-27(5)28(6)50(46)42-40(45)31-15-18-38-37(20-31)44(23-33(24-47-38)36-17-16-34(41)19-30(36)12-8-2)22-32-14-13-29(32)21-39-48-25-35(26-49-39)43(9-3)10-4/h15-20,27-29,32-33,35,39H,7-14,21-26H2,1-6H3,(H,42,45). The van der Waals surface area contributed by atoms with Crippen LogP contribution in [0, 0.1) is 17.8 Å². The van der Waals surface area contributed by atoms with Crippen LogP contribution < -0.4 is 14.4 Å². The number of nitrogens with zero attached hydrogens (tertiary/aromatic N) is 2. The molecule has 50 heavy (non-hydrogen) atoms. The summed E-state index contributed by atoms with van der Waals surface area (Å²) in [7, 11) is -1.48. The second kappa shape index (κ2) is 18.5. The number of rotatable bonds is 16. The number of amides is 1. The number of nitrogens with one attached hydrogen (secondary N) is 1. The molecule has 8 nitrogen and oxygen atoms in total. The van der Waals surface area contributed by atoms with Gasteiger partial charge in [0, 0.05) is 36.0 Å². The Morgan fingerprint density at radius 2 is 1.74 bits per heavy atom. The third-order valence-electron chi connectivity index (χ3n) is 11.4. The molecule has 3 aliphatic rings. The van der Waals surface area contributed by atoms with Gasteiger partial charge in [-0.15, -0.1) is 0 Å². The van der Waals surface area contributed by atoms with Gasteiger partial charge < -0.3 is 19.1 Å². The Morgan fingerprint density at radius 1 is 1.00 bits per heavy atom. The van der Waals surface area contributed by atoms with Crippen LogP contribution in [0.1, 0.15) is 107 Å². The molecular formula is C40H60ClN3O5S. The summed E-state index contributed by atoms with van der Waals surface area (Å²) in [6.07, 6.45) is 7.03. The molecule has 1 saturated heterocycles. The lowest BCUT2D eigenvalue weighted by Crippen LogP contribution is -2.48. The Balaban J connectivity index is 1.35. The molecule has 0 bridgehead atoms. The van der Waals surface area contributed by atoms with Crippen molar-refractivity contribution in [3.05, 3.63) is 58.1 Å². The zero-order valence-corrected chi connectivity index (χ0v) is 32.7. The quantitative estimate of drug-likeness (QED) is 0.188. The van der Waals surface area contributed by atoms with Crippen molar-refractivity contribution in [3.63, 3.8) is 0 Å². The Bertz CT molecular complexity index is 1430. The van der Waals surface area contributed by atoms with Crippen molar-refractivity contribution in [1.29, 1.82) is 0 Å². The zero-order chi connectivity index (χ0) is 35.8. The van der Waals surface area contributed by atoms with Crippen molar-refractivity contribution >= 4 is 34.2 Å². The monoisotopic (exact) mass is 729 g/mol. The van der Waals surface area contributed by atoms with Crippen LogP contribution in [-0.2, 0) is 26.9 Å². The number of hydrogen-bond donors (Lipinski definition) is 1. The molecule has 0 radical (unpaired) electrons. The molecule has 10 heteroatoms. The second-order valence-corrected chi connectivity index (χ2v) is 16.7. The molecule has 2 fully saturated rings. The summed E-state index contributed by atoms with van der Waals surface area (Å²) in [5, 5.41) is 0.624. The van der Waals surface area contributed by atoms with E-state index in [9.17, 15) is 9.00 Å². The maximum atomic E-state index is 13.5. The summed E-state index contributed by atoms with van der Waals surface area (Å²) >= 11 is 6.47. The van der Waals surface area contributed by atoms with Gasteiger partial charge in [-0.2, -0.15) is 0 Å². The van der Waals surface area contributed by atoms with Crippen LogP contribution in [0.3, 0.4) is 0 Å². The van der Waals surface area contributed by atoms with Gasteiger partial charge >= 0.3 is 0 Å². The van der Waals surface area contributed by atoms with Crippen LogP contribution in [0.5, 0.6) is 5.75 Å². The molecule has 1 amide bonds. The number of hydrogen-bond acceptors (Lipinski definition) is 7. The number of ether oxygens (including phenoxy) is 3. The minimum Gasteiger partial charge on any atom is -0.491 e. The van der Waals surface area contributed by atoms with Gasteiger partial charge in [0.15, 0.2) is 6.29 Å². The number of carbonyl (C=O) groups is 1. The minimum absolute atomic E-state index is 0.132. The van der Waals surface area contributed by atoms with E-state index in [-0.39, 0.29) is 29.3 Å². The van der Waals surface area contributed by atoms with E-state index in [4.69, 9.17) is 25.8 Å². The summed E-state index contributed by atoms with van der Waals surface area (Å²) in [5.74, 6) is 1.82. The number of carbonyl (C=O) groups excluding carboxylic acids is 1. The highest BCUT2D eigenvalue weighted by Gasteiger charge is 2.38. The first-order valence-corrected chi connectivity index (χ1v) is 20.7. The molecule has 0 aromatic heterocycles. The number of fused-ring (bicyclic) bond motifs is 1. The Labute approximate surface area is 308 Å². The fraction of sp³-hybridized carbons (Fsp3) is 0.675. The van der Waals surface area contributed by atoms with E-state index in [2.05, 4.69) is 61.3 Å².